The highest BCUT2D eigenvalue weighted by Gasteiger charge is 2.12. The van der Waals surface area contributed by atoms with E-state index in [-0.39, 0.29) is 0 Å². The lowest BCUT2D eigenvalue weighted by Crippen LogP contribution is -1.88. The van der Waals surface area contributed by atoms with Crippen LogP contribution < -0.4 is 15.2 Å². The number of thiazole rings is 1. The van der Waals surface area contributed by atoms with Crippen LogP contribution in [-0.4, -0.2) is 19.2 Å². The molecule has 0 saturated carbocycles. The zero-order chi connectivity index (χ0) is 14.1. The van der Waals surface area contributed by atoms with Crippen LogP contribution in [0.25, 0.3) is 20.8 Å². The summed E-state index contributed by atoms with van der Waals surface area (Å²) in [6.45, 7) is 0. The fraction of sp³-hybridized carbons (Fsp3) is 0.133. The molecule has 0 aliphatic rings. The minimum atomic E-state index is 0.720. The molecule has 0 bridgehead atoms. The van der Waals surface area contributed by atoms with E-state index in [1.54, 1.807) is 25.6 Å². The van der Waals surface area contributed by atoms with Gasteiger partial charge in [-0.1, -0.05) is 0 Å². The fourth-order valence-electron chi connectivity index (χ4n) is 2.00. The highest BCUT2D eigenvalue weighted by Crippen LogP contribution is 2.37. The standard InChI is InChI=1S/C15H14N2O2S/c1-18-11-7-12(19-2)14-13(8-11)20-15(17-14)9-3-5-10(16)6-4-9/h3-8H,16H2,1-2H3. The molecule has 0 unspecified atom stereocenters. The molecule has 5 heteroatoms. The minimum Gasteiger partial charge on any atom is -0.497 e. The first kappa shape index (κ1) is 12.7. The molecule has 3 rings (SSSR count). The predicted molar refractivity (Wildman–Crippen MR) is 82.6 cm³/mol. The number of hydrogen-bond acceptors (Lipinski definition) is 5. The summed E-state index contributed by atoms with van der Waals surface area (Å²) in [6.07, 6.45) is 0. The summed E-state index contributed by atoms with van der Waals surface area (Å²) < 4.78 is 11.7. The lowest BCUT2D eigenvalue weighted by molar-refractivity contribution is 0.397. The first-order valence-electron chi connectivity index (χ1n) is 6.09. The monoisotopic (exact) mass is 286 g/mol. The van der Waals surface area contributed by atoms with Crippen molar-refractivity contribution >= 4 is 27.2 Å². The number of methoxy groups -OCH3 is 2. The van der Waals surface area contributed by atoms with E-state index in [1.807, 2.05) is 36.4 Å². The van der Waals surface area contributed by atoms with Gasteiger partial charge in [0.1, 0.15) is 22.0 Å². The Morgan fingerprint density at radius 3 is 2.45 bits per heavy atom. The summed E-state index contributed by atoms with van der Waals surface area (Å²) in [7, 11) is 3.28. The van der Waals surface area contributed by atoms with Gasteiger partial charge >= 0.3 is 0 Å². The Kier molecular flexibility index (Phi) is 3.20. The smallest absolute Gasteiger partial charge is 0.149 e. The zero-order valence-corrected chi connectivity index (χ0v) is 12.0. The van der Waals surface area contributed by atoms with Crippen molar-refractivity contribution in [3.8, 4) is 22.1 Å². The highest BCUT2D eigenvalue weighted by molar-refractivity contribution is 7.21. The van der Waals surface area contributed by atoms with Crippen LogP contribution in [0.2, 0.25) is 0 Å². The molecular formula is C15H14N2O2S. The maximum Gasteiger partial charge on any atom is 0.149 e. The van der Waals surface area contributed by atoms with Crippen LogP contribution in [0.4, 0.5) is 5.69 Å². The molecule has 2 aromatic carbocycles. The molecule has 3 aromatic rings. The average molecular weight is 286 g/mol. The van der Waals surface area contributed by atoms with E-state index < -0.39 is 0 Å². The lowest BCUT2D eigenvalue weighted by Gasteiger charge is -2.03. The van der Waals surface area contributed by atoms with Crippen LogP contribution >= 0.6 is 11.3 Å². The van der Waals surface area contributed by atoms with Crippen molar-refractivity contribution in [2.24, 2.45) is 0 Å². The molecule has 0 aliphatic heterocycles. The van der Waals surface area contributed by atoms with E-state index in [9.17, 15) is 0 Å². The van der Waals surface area contributed by atoms with Crippen LogP contribution in [0.15, 0.2) is 36.4 Å². The van der Waals surface area contributed by atoms with E-state index >= 15 is 0 Å². The quantitative estimate of drug-likeness (QED) is 0.748. The largest absolute Gasteiger partial charge is 0.497 e. The molecule has 0 saturated heterocycles. The van der Waals surface area contributed by atoms with Gasteiger partial charge in [-0.25, -0.2) is 4.98 Å². The van der Waals surface area contributed by atoms with Gasteiger partial charge in [0, 0.05) is 17.3 Å². The van der Waals surface area contributed by atoms with Gasteiger partial charge in [0.2, 0.25) is 0 Å². The van der Waals surface area contributed by atoms with E-state index in [2.05, 4.69) is 4.98 Å². The zero-order valence-electron chi connectivity index (χ0n) is 11.2. The fourth-order valence-corrected chi connectivity index (χ4v) is 3.01. The van der Waals surface area contributed by atoms with Crippen LogP contribution in [0.1, 0.15) is 0 Å². The molecular weight excluding hydrogens is 272 g/mol. The minimum absolute atomic E-state index is 0.720. The predicted octanol–water partition coefficient (Wildman–Crippen LogP) is 3.56. The molecule has 2 N–H and O–H groups in total. The number of anilines is 1. The molecule has 0 spiro atoms. The first-order valence-corrected chi connectivity index (χ1v) is 6.91. The van der Waals surface area contributed by atoms with Crippen molar-refractivity contribution in [2.75, 3.05) is 20.0 Å². The normalized spacial score (nSPS) is 10.7. The second-order valence-electron chi connectivity index (χ2n) is 4.32. The molecule has 0 amide bonds. The Balaban J connectivity index is 2.16. The summed E-state index contributed by atoms with van der Waals surface area (Å²) in [5.41, 5.74) is 8.35. The van der Waals surface area contributed by atoms with Crippen molar-refractivity contribution in [2.45, 2.75) is 0 Å². The second kappa shape index (κ2) is 5.02. The maximum atomic E-state index is 5.71. The number of hydrogen-bond donors (Lipinski definition) is 1. The number of rotatable bonds is 3. The number of ether oxygens (including phenoxy) is 2. The number of nitrogens with zero attached hydrogens (tertiary/aromatic N) is 1. The molecule has 20 heavy (non-hydrogen) atoms. The number of nitrogens with two attached hydrogens (primary N) is 1. The van der Waals surface area contributed by atoms with Gasteiger partial charge in [-0.15, -0.1) is 11.3 Å². The van der Waals surface area contributed by atoms with Crippen LogP contribution in [0.5, 0.6) is 11.5 Å². The SMILES string of the molecule is COc1cc(OC)c2nc(-c3ccc(N)cc3)sc2c1. The number of benzene rings is 2. The molecule has 0 atom stereocenters. The Morgan fingerprint density at radius 1 is 1.05 bits per heavy atom. The molecule has 1 aromatic heterocycles. The van der Waals surface area contributed by atoms with Gasteiger partial charge in [-0.2, -0.15) is 0 Å². The van der Waals surface area contributed by atoms with Crippen LogP contribution in [0.3, 0.4) is 0 Å². The summed E-state index contributed by atoms with van der Waals surface area (Å²) in [6, 6.07) is 11.5. The van der Waals surface area contributed by atoms with Crippen molar-refractivity contribution in [1.29, 1.82) is 0 Å². The van der Waals surface area contributed by atoms with Crippen molar-refractivity contribution in [3.05, 3.63) is 36.4 Å². The molecule has 1 heterocycles. The van der Waals surface area contributed by atoms with Gasteiger partial charge < -0.3 is 15.2 Å². The van der Waals surface area contributed by atoms with Crippen molar-refractivity contribution in [1.82, 2.24) is 4.98 Å². The van der Waals surface area contributed by atoms with Gasteiger partial charge in [0.05, 0.1) is 18.9 Å². The van der Waals surface area contributed by atoms with E-state index in [4.69, 9.17) is 15.2 Å². The van der Waals surface area contributed by atoms with E-state index in [0.717, 1.165) is 38.0 Å². The average Bonchev–Trinajstić information content (AvgIpc) is 2.90. The molecule has 0 fully saturated rings. The van der Waals surface area contributed by atoms with Crippen molar-refractivity contribution in [3.63, 3.8) is 0 Å². The summed E-state index contributed by atoms with van der Waals surface area (Å²) >= 11 is 1.60. The second-order valence-corrected chi connectivity index (χ2v) is 5.35. The van der Waals surface area contributed by atoms with Gasteiger partial charge in [0.25, 0.3) is 0 Å². The summed E-state index contributed by atoms with van der Waals surface area (Å²) in [4.78, 5) is 4.66. The lowest BCUT2D eigenvalue weighted by atomic mass is 10.2. The van der Waals surface area contributed by atoms with Gasteiger partial charge in [-0.05, 0) is 30.3 Å². The molecule has 0 aliphatic carbocycles. The van der Waals surface area contributed by atoms with Crippen LogP contribution in [-0.2, 0) is 0 Å². The molecule has 4 nitrogen and oxygen atoms in total. The third-order valence-corrected chi connectivity index (χ3v) is 4.10. The number of nitrogen functional groups attached to an aromatic ring is 1. The Labute approximate surface area is 120 Å². The Bertz CT molecular complexity index is 750. The Morgan fingerprint density at radius 2 is 1.80 bits per heavy atom. The summed E-state index contributed by atoms with van der Waals surface area (Å²) in [5.74, 6) is 1.49. The van der Waals surface area contributed by atoms with E-state index in [1.165, 1.54) is 0 Å². The summed E-state index contributed by atoms with van der Waals surface area (Å²) in [5, 5.41) is 0.937. The van der Waals surface area contributed by atoms with Crippen molar-refractivity contribution < 1.29 is 9.47 Å². The number of fused-ring (bicyclic) bond motifs is 1. The van der Waals surface area contributed by atoms with Gasteiger partial charge in [-0.3, -0.25) is 0 Å². The maximum absolute atomic E-state index is 5.71. The third-order valence-electron chi connectivity index (χ3n) is 3.05. The topological polar surface area (TPSA) is 57.4 Å². The Hall–Kier alpha value is -2.27. The molecule has 0 radical (unpaired) electrons. The molecule has 102 valence electrons. The van der Waals surface area contributed by atoms with Crippen LogP contribution in [0, 0.1) is 0 Å². The van der Waals surface area contributed by atoms with E-state index in [0.29, 0.717) is 0 Å². The first-order chi connectivity index (χ1) is 9.71. The third kappa shape index (κ3) is 2.16. The van der Waals surface area contributed by atoms with Gasteiger partial charge in [0.15, 0.2) is 0 Å². The number of aromatic nitrogens is 1. The highest BCUT2D eigenvalue weighted by atomic mass is 32.1.